The smallest absolute Gasteiger partial charge is 0.295 e. The number of halogens is 2. The first-order valence-electron chi connectivity index (χ1n) is 7.74. The molecule has 1 atom stereocenters. The van der Waals surface area contributed by atoms with E-state index in [4.69, 9.17) is 0 Å². The molecular weight excluding hydrogens is 332 g/mol. The van der Waals surface area contributed by atoms with Crippen LogP contribution in [-0.4, -0.2) is 15.9 Å². The number of nitrogens with zero attached hydrogens (tertiary/aromatic N) is 1. The maximum Gasteiger partial charge on any atom is 0.295 e. The molecule has 1 aliphatic rings. The third kappa shape index (κ3) is 2.80. The maximum absolute atomic E-state index is 12.9. The monoisotopic (exact) mass is 347 g/mol. The van der Waals surface area contributed by atoms with Crippen LogP contribution < -0.4 is 5.32 Å². The summed E-state index contributed by atoms with van der Waals surface area (Å²) >= 11 is 1.61. The molecule has 0 aliphatic heterocycles. The Labute approximate surface area is 140 Å². The molecule has 2 heterocycles. The average Bonchev–Trinajstić information content (AvgIpc) is 3.09. The zero-order valence-corrected chi connectivity index (χ0v) is 13.4. The highest BCUT2D eigenvalue weighted by Crippen LogP contribution is 2.42. The molecule has 1 saturated carbocycles. The Kier molecular flexibility index (Phi) is 3.80. The van der Waals surface area contributed by atoms with E-state index in [0.29, 0.717) is 17.0 Å². The average molecular weight is 347 g/mol. The van der Waals surface area contributed by atoms with Crippen LogP contribution in [-0.2, 0) is 0 Å². The molecule has 0 radical (unpaired) electrons. The van der Waals surface area contributed by atoms with E-state index < -0.39 is 12.2 Å². The van der Waals surface area contributed by atoms with Gasteiger partial charge in [-0.25, -0.2) is 13.8 Å². The predicted molar refractivity (Wildman–Crippen MR) is 88.3 cm³/mol. The quantitative estimate of drug-likeness (QED) is 0.717. The fourth-order valence-corrected chi connectivity index (χ4v) is 3.75. The van der Waals surface area contributed by atoms with Crippen molar-refractivity contribution < 1.29 is 13.6 Å². The van der Waals surface area contributed by atoms with Crippen LogP contribution in [0, 0.1) is 5.92 Å². The lowest BCUT2D eigenvalue weighted by molar-refractivity contribution is 0.0933. The van der Waals surface area contributed by atoms with Gasteiger partial charge in [0.15, 0.2) is 5.82 Å². The van der Waals surface area contributed by atoms with Gasteiger partial charge >= 0.3 is 0 Å². The van der Waals surface area contributed by atoms with Gasteiger partial charge in [-0.1, -0.05) is 12.1 Å². The van der Waals surface area contributed by atoms with Gasteiger partial charge in [0.05, 0.1) is 17.1 Å². The zero-order valence-electron chi connectivity index (χ0n) is 12.6. The number of hydrogen-bond acceptors (Lipinski definition) is 3. The third-order valence-electron chi connectivity index (χ3n) is 4.21. The van der Waals surface area contributed by atoms with Gasteiger partial charge in [-0.2, -0.15) is 0 Å². The number of benzene rings is 1. The summed E-state index contributed by atoms with van der Waals surface area (Å²) in [5, 5.41) is 5.04. The molecule has 1 amide bonds. The largest absolute Gasteiger partial charge is 0.344 e. The van der Waals surface area contributed by atoms with E-state index >= 15 is 0 Å². The number of hydrogen-bond donors (Lipinski definition) is 2. The molecule has 1 aromatic carbocycles. The number of amides is 1. The minimum atomic E-state index is -2.70. The highest BCUT2D eigenvalue weighted by molar-refractivity contribution is 7.10. The molecule has 4 rings (SSSR count). The van der Waals surface area contributed by atoms with Crippen LogP contribution in [0.3, 0.4) is 0 Å². The normalized spacial score (nSPS) is 15.8. The summed E-state index contributed by atoms with van der Waals surface area (Å²) < 4.78 is 25.7. The Balaban J connectivity index is 1.65. The van der Waals surface area contributed by atoms with Crippen molar-refractivity contribution in [3.63, 3.8) is 0 Å². The molecule has 0 saturated heterocycles. The van der Waals surface area contributed by atoms with E-state index in [0.717, 1.165) is 17.7 Å². The molecule has 2 aromatic heterocycles. The number of imidazole rings is 1. The highest BCUT2D eigenvalue weighted by Gasteiger charge is 2.34. The molecule has 7 heteroatoms. The molecule has 124 valence electrons. The van der Waals surface area contributed by atoms with Crippen molar-refractivity contribution >= 4 is 28.3 Å². The number of para-hydroxylation sites is 1. The number of nitrogens with one attached hydrogen (secondary N) is 2. The molecule has 1 aliphatic carbocycles. The van der Waals surface area contributed by atoms with Gasteiger partial charge in [-0.3, -0.25) is 4.79 Å². The van der Waals surface area contributed by atoms with Crippen LogP contribution >= 0.6 is 11.3 Å². The lowest BCUT2D eigenvalue weighted by atomic mass is 10.1. The zero-order chi connectivity index (χ0) is 16.7. The third-order valence-corrected chi connectivity index (χ3v) is 5.17. The minimum Gasteiger partial charge on any atom is -0.344 e. The van der Waals surface area contributed by atoms with Crippen LogP contribution in [0.4, 0.5) is 8.78 Å². The second-order valence-electron chi connectivity index (χ2n) is 5.93. The number of alkyl halides is 2. The molecule has 1 fully saturated rings. The first kappa shape index (κ1) is 15.3. The summed E-state index contributed by atoms with van der Waals surface area (Å²) in [5.41, 5.74) is 1.04. The fraction of sp³-hybridized carbons (Fsp3) is 0.294. The molecule has 0 bridgehead atoms. The lowest BCUT2D eigenvalue weighted by Crippen LogP contribution is -2.29. The van der Waals surface area contributed by atoms with E-state index in [1.807, 2.05) is 17.5 Å². The maximum atomic E-state index is 12.9. The molecule has 1 unspecified atom stereocenters. The number of aromatic amines is 1. The van der Waals surface area contributed by atoms with E-state index in [-0.39, 0.29) is 17.5 Å². The van der Waals surface area contributed by atoms with Crippen LogP contribution in [0.25, 0.3) is 11.0 Å². The molecule has 24 heavy (non-hydrogen) atoms. The summed E-state index contributed by atoms with van der Waals surface area (Å²) in [7, 11) is 0. The molecule has 4 nitrogen and oxygen atoms in total. The molecule has 3 aromatic rings. The van der Waals surface area contributed by atoms with E-state index in [1.54, 1.807) is 29.5 Å². The minimum absolute atomic E-state index is 0.0266. The fourth-order valence-electron chi connectivity index (χ4n) is 2.88. The second kappa shape index (κ2) is 5.98. The molecule has 0 spiro atoms. The number of fused-ring (bicyclic) bond motifs is 1. The van der Waals surface area contributed by atoms with E-state index in [1.165, 1.54) is 0 Å². The van der Waals surface area contributed by atoms with Gasteiger partial charge in [0.1, 0.15) is 5.52 Å². The van der Waals surface area contributed by atoms with Crippen LogP contribution in [0.15, 0.2) is 35.7 Å². The van der Waals surface area contributed by atoms with Crippen molar-refractivity contribution in [3.8, 4) is 0 Å². The standard InChI is InChI=1S/C17H15F2N3OS/c18-15(19)16-20-11-4-1-3-10(14(11)21-16)17(23)22-13(9-6-7-9)12-5-2-8-24-12/h1-5,8-9,13,15H,6-7H2,(H,20,21)(H,22,23). The summed E-state index contributed by atoms with van der Waals surface area (Å²) in [4.78, 5) is 20.3. The topological polar surface area (TPSA) is 57.8 Å². The molecule has 2 N–H and O–H groups in total. The van der Waals surface area contributed by atoms with E-state index in [2.05, 4.69) is 15.3 Å². The first-order chi connectivity index (χ1) is 11.6. The Morgan fingerprint density at radius 1 is 1.29 bits per heavy atom. The van der Waals surface area contributed by atoms with Crippen molar-refractivity contribution in [1.29, 1.82) is 0 Å². The van der Waals surface area contributed by atoms with Gasteiger partial charge < -0.3 is 10.3 Å². The molecular formula is C17H15F2N3OS. The van der Waals surface area contributed by atoms with Crippen molar-refractivity contribution in [2.24, 2.45) is 5.92 Å². The van der Waals surface area contributed by atoms with Crippen molar-refractivity contribution in [1.82, 2.24) is 15.3 Å². The number of H-pyrrole nitrogens is 1. The van der Waals surface area contributed by atoms with Gasteiger partial charge in [0.2, 0.25) is 0 Å². The van der Waals surface area contributed by atoms with Gasteiger partial charge in [0, 0.05) is 4.88 Å². The van der Waals surface area contributed by atoms with Crippen molar-refractivity contribution in [3.05, 3.63) is 52.0 Å². The van der Waals surface area contributed by atoms with Gasteiger partial charge in [0.25, 0.3) is 12.3 Å². The SMILES string of the molecule is O=C(NC(c1cccs1)C1CC1)c1cccc2[nH]c(C(F)F)nc12. The lowest BCUT2D eigenvalue weighted by Gasteiger charge is -2.17. The number of thiophene rings is 1. The number of carbonyl (C=O) groups is 1. The Bertz CT molecular complexity index is 871. The first-order valence-corrected chi connectivity index (χ1v) is 8.62. The van der Waals surface area contributed by atoms with Gasteiger partial charge in [-0.05, 0) is 42.3 Å². The Hall–Kier alpha value is -2.28. The Morgan fingerprint density at radius 3 is 2.79 bits per heavy atom. The van der Waals surface area contributed by atoms with E-state index in [9.17, 15) is 13.6 Å². The van der Waals surface area contributed by atoms with Crippen molar-refractivity contribution in [2.45, 2.75) is 25.3 Å². The summed E-state index contributed by atoms with van der Waals surface area (Å²) in [5.74, 6) is -0.247. The Morgan fingerprint density at radius 2 is 2.12 bits per heavy atom. The van der Waals surface area contributed by atoms with Crippen molar-refractivity contribution in [2.75, 3.05) is 0 Å². The number of aromatic nitrogens is 2. The second-order valence-corrected chi connectivity index (χ2v) is 6.91. The summed E-state index contributed by atoms with van der Waals surface area (Å²) in [6.07, 6.45) is -0.519. The predicted octanol–water partition coefficient (Wildman–Crippen LogP) is 4.44. The summed E-state index contributed by atoms with van der Waals surface area (Å²) in [6.45, 7) is 0. The van der Waals surface area contributed by atoms with Crippen LogP contribution in [0.5, 0.6) is 0 Å². The summed E-state index contributed by atoms with van der Waals surface area (Å²) in [6, 6.07) is 8.88. The van der Waals surface area contributed by atoms with Crippen LogP contribution in [0.1, 0.15) is 46.4 Å². The number of rotatable bonds is 5. The number of carbonyl (C=O) groups excluding carboxylic acids is 1. The van der Waals surface area contributed by atoms with Crippen LogP contribution in [0.2, 0.25) is 0 Å². The van der Waals surface area contributed by atoms with Gasteiger partial charge in [-0.15, -0.1) is 11.3 Å². The highest BCUT2D eigenvalue weighted by atomic mass is 32.1.